The predicted octanol–water partition coefficient (Wildman–Crippen LogP) is 2.29. The van der Waals surface area contributed by atoms with Crippen LogP contribution in [0.4, 0.5) is 8.78 Å². The molecule has 1 amide bonds. The SMILES string of the molecule is COCC(N)C(=O)NCC1(c2c(F)cccc2F)CCCC1.Cl. The van der Waals surface area contributed by atoms with E-state index in [1.807, 2.05) is 0 Å². The highest BCUT2D eigenvalue weighted by molar-refractivity contribution is 5.85. The number of methoxy groups -OCH3 is 1. The zero-order chi connectivity index (χ0) is 16.2. The minimum absolute atomic E-state index is 0. The highest BCUT2D eigenvalue weighted by Crippen LogP contribution is 2.42. The molecule has 1 unspecified atom stereocenters. The highest BCUT2D eigenvalue weighted by atomic mass is 35.5. The highest BCUT2D eigenvalue weighted by Gasteiger charge is 2.40. The van der Waals surface area contributed by atoms with Crippen LogP contribution in [0.2, 0.25) is 0 Å². The maximum Gasteiger partial charge on any atom is 0.239 e. The lowest BCUT2D eigenvalue weighted by Crippen LogP contribution is -2.48. The second-order valence-corrected chi connectivity index (χ2v) is 5.86. The van der Waals surface area contributed by atoms with E-state index in [9.17, 15) is 13.6 Å². The Labute approximate surface area is 141 Å². The van der Waals surface area contributed by atoms with Crippen LogP contribution in [0, 0.1) is 11.6 Å². The van der Waals surface area contributed by atoms with Gasteiger partial charge in [-0.3, -0.25) is 4.79 Å². The second-order valence-electron chi connectivity index (χ2n) is 5.86. The predicted molar refractivity (Wildman–Crippen MR) is 86.6 cm³/mol. The van der Waals surface area contributed by atoms with E-state index >= 15 is 0 Å². The largest absolute Gasteiger partial charge is 0.383 e. The van der Waals surface area contributed by atoms with E-state index in [1.165, 1.54) is 25.3 Å². The standard InChI is InChI=1S/C16H22F2N2O2.ClH/c1-22-9-13(19)15(21)20-10-16(7-2-3-8-16)14-11(17)5-4-6-12(14)18;/h4-6,13H,2-3,7-10,19H2,1H3,(H,20,21);1H. The minimum Gasteiger partial charge on any atom is -0.383 e. The zero-order valence-corrected chi connectivity index (χ0v) is 13.9. The molecule has 1 aromatic carbocycles. The van der Waals surface area contributed by atoms with Crippen LogP contribution in [-0.4, -0.2) is 32.2 Å². The molecule has 1 saturated carbocycles. The van der Waals surface area contributed by atoms with Crippen molar-refractivity contribution in [3.63, 3.8) is 0 Å². The third kappa shape index (κ3) is 4.40. The monoisotopic (exact) mass is 348 g/mol. The van der Waals surface area contributed by atoms with E-state index in [0.717, 1.165) is 12.8 Å². The van der Waals surface area contributed by atoms with Crippen molar-refractivity contribution in [2.24, 2.45) is 5.73 Å². The van der Waals surface area contributed by atoms with Crippen molar-refractivity contribution in [1.82, 2.24) is 5.32 Å². The zero-order valence-electron chi connectivity index (χ0n) is 13.1. The lowest BCUT2D eigenvalue weighted by atomic mass is 9.78. The smallest absolute Gasteiger partial charge is 0.239 e. The number of carbonyl (C=O) groups excluding carboxylic acids is 1. The Balaban J connectivity index is 0.00000264. The third-order valence-corrected chi connectivity index (χ3v) is 4.34. The molecule has 23 heavy (non-hydrogen) atoms. The second kappa shape index (κ2) is 8.57. The summed E-state index contributed by atoms with van der Waals surface area (Å²) in [6.07, 6.45) is 3.05. The Hall–Kier alpha value is -1.24. The molecule has 4 nitrogen and oxygen atoms in total. The molecule has 0 aliphatic heterocycles. The Kier molecular flexibility index (Phi) is 7.38. The average Bonchev–Trinajstić information content (AvgIpc) is 2.94. The molecule has 2 rings (SSSR count). The van der Waals surface area contributed by atoms with Gasteiger partial charge in [-0.25, -0.2) is 8.78 Å². The van der Waals surface area contributed by atoms with Gasteiger partial charge in [-0.2, -0.15) is 0 Å². The first-order valence-corrected chi connectivity index (χ1v) is 7.47. The maximum absolute atomic E-state index is 14.2. The third-order valence-electron chi connectivity index (χ3n) is 4.34. The summed E-state index contributed by atoms with van der Waals surface area (Å²) >= 11 is 0. The van der Waals surface area contributed by atoms with Gasteiger partial charge in [0.1, 0.15) is 17.7 Å². The molecule has 1 aliphatic rings. The number of rotatable bonds is 6. The number of ether oxygens (including phenoxy) is 1. The number of hydrogen-bond donors (Lipinski definition) is 2. The first kappa shape index (κ1) is 19.8. The van der Waals surface area contributed by atoms with Crippen LogP contribution < -0.4 is 11.1 Å². The van der Waals surface area contributed by atoms with E-state index in [-0.39, 0.29) is 37.0 Å². The van der Waals surface area contributed by atoms with Gasteiger partial charge >= 0.3 is 0 Å². The van der Waals surface area contributed by atoms with E-state index in [4.69, 9.17) is 10.5 Å². The summed E-state index contributed by atoms with van der Waals surface area (Å²) in [5.74, 6) is -1.49. The molecule has 7 heteroatoms. The van der Waals surface area contributed by atoms with E-state index < -0.39 is 23.1 Å². The number of nitrogens with one attached hydrogen (secondary N) is 1. The molecule has 1 aromatic rings. The molecular weight excluding hydrogens is 326 g/mol. The molecule has 0 heterocycles. The topological polar surface area (TPSA) is 64.3 Å². The Morgan fingerprint density at radius 1 is 1.35 bits per heavy atom. The van der Waals surface area contributed by atoms with Crippen LogP contribution in [0.25, 0.3) is 0 Å². The summed E-state index contributed by atoms with van der Waals surface area (Å²) in [4.78, 5) is 11.9. The molecular formula is C16H23ClF2N2O2. The van der Waals surface area contributed by atoms with Gasteiger partial charge in [-0.05, 0) is 25.0 Å². The van der Waals surface area contributed by atoms with Crippen LogP contribution in [-0.2, 0) is 14.9 Å². The van der Waals surface area contributed by atoms with Crippen LogP contribution in [0.3, 0.4) is 0 Å². The van der Waals surface area contributed by atoms with Crippen molar-refractivity contribution in [2.75, 3.05) is 20.3 Å². The first-order valence-electron chi connectivity index (χ1n) is 7.47. The summed E-state index contributed by atoms with van der Waals surface area (Å²) in [5, 5.41) is 2.73. The summed E-state index contributed by atoms with van der Waals surface area (Å²) in [5.41, 5.74) is 5.05. The van der Waals surface area contributed by atoms with Crippen molar-refractivity contribution >= 4 is 18.3 Å². The van der Waals surface area contributed by atoms with Gasteiger partial charge in [-0.15, -0.1) is 12.4 Å². The Bertz CT molecular complexity index is 517. The van der Waals surface area contributed by atoms with Gasteiger partial charge in [-0.1, -0.05) is 18.9 Å². The van der Waals surface area contributed by atoms with Gasteiger partial charge in [0.25, 0.3) is 0 Å². The van der Waals surface area contributed by atoms with Crippen molar-refractivity contribution in [2.45, 2.75) is 37.1 Å². The molecule has 0 radical (unpaired) electrons. The number of amides is 1. The van der Waals surface area contributed by atoms with Crippen molar-refractivity contribution in [3.8, 4) is 0 Å². The molecule has 3 N–H and O–H groups in total. The minimum atomic E-state index is -0.783. The fraction of sp³-hybridized carbons (Fsp3) is 0.562. The first-order chi connectivity index (χ1) is 10.5. The normalized spacial score (nSPS) is 17.4. The lowest BCUT2D eigenvalue weighted by molar-refractivity contribution is -0.123. The molecule has 130 valence electrons. The Morgan fingerprint density at radius 2 is 1.91 bits per heavy atom. The molecule has 1 fully saturated rings. The van der Waals surface area contributed by atoms with Crippen molar-refractivity contribution < 1.29 is 18.3 Å². The number of hydrogen-bond acceptors (Lipinski definition) is 3. The van der Waals surface area contributed by atoms with E-state index in [0.29, 0.717) is 12.8 Å². The maximum atomic E-state index is 14.2. The number of carbonyl (C=O) groups is 1. The average molecular weight is 349 g/mol. The van der Waals surface area contributed by atoms with Gasteiger partial charge in [0.05, 0.1) is 6.61 Å². The van der Waals surface area contributed by atoms with Crippen LogP contribution in [0.15, 0.2) is 18.2 Å². The summed E-state index contributed by atoms with van der Waals surface area (Å²) < 4.78 is 33.1. The number of benzene rings is 1. The number of nitrogens with two attached hydrogens (primary N) is 1. The van der Waals surface area contributed by atoms with E-state index in [2.05, 4.69) is 5.32 Å². The van der Waals surface area contributed by atoms with Gasteiger partial charge in [0.15, 0.2) is 0 Å². The van der Waals surface area contributed by atoms with Crippen LogP contribution >= 0.6 is 12.4 Å². The molecule has 0 spiro atoms. The van der Waals surface area contributed by atoms with Gasteiger partial charge in [0.2, 0.25) is 5.91 Å². The summed E-state index contributed by atoms with van der Waals surface area (Å²) in [6.45, 7) is 0.286. The summed E-state index contributed by atoms with van der Waals surface area (Å²) in [7, 11) is 1.46. The lowest BCUT2D eigenvalue weighted by Gasteiger charge is -2.31. The van der Waals surface area contributed by atoms with Gasteiger partial charge in [0, 0.05) is 24.6 Å². The fourth-order valence-corrected chi connectivity index (χ4v) is 3.21. The van der Waals surface area contributed by atoms with Gasteiger partial charge < -0.3 is 15.8 Å². The molecule has 0 saturated heterocycles. The fourth-order valence-electron chi connectivity index (χ4n) is 3.21. The quantitative estimate of drug-likeness (QED) is 0.829. The number of halogens is 3. The molecule has 1 aliphatic carbocycles. The molecule has 1 atom stereocenters. The molecule has 0 bridgehead atoms. The Morgan fingerprint density at radius 3 is 2.43 bits per heavy atom. The van der Waals surface area contributed by atoms with Crippen molar-refractivity contribution in [3.05, 3.63) is 35.4 Å². The van der Waals surface area contributed by atoms with Crippen molar-refractivity contribution in [1.29, 1.82) is 0 Å². The molecule has 0 aromatic heterocycles. The van der Waals surface area contributed by atoms with E-state index in [1.54, 1.807) is 0 Å². The van der Waals surface area contributed by atoms with Crippen LogP contribution in [0.5, 0.6) is 0 Å². The summed E-state index contributed by atoms with van der Waals surface area (Å²) in [6, 6.07) is 3.09. The van der Waals surface area contributed by atoms with Crippen LogP contribution in [0.1, 0.15) is 31.2 Å².